The van der Waals surface area contributed by atoms with Crippen LogP contribution in [-0.2, 0) is 11.3 Å². The Morgan fingerprint density at radius 3 is 2.71 bits per heavy atom. The van der Waals surface area contributed by atoms with Gasteiger partial charge in [0.25, 0.3) is 0 Å². The summed E-state index contributed by atoms with van der Waals surface area (Å²) >= 11 is 0. The van der Waals surface area contributed by atoms with E-state index in [1.807, 2.05) is 23.1 Å². The van der Waals surface area contributed by atoms with Crippen molar-refractivity contribution in [2.45, 2.75) is 38.3 Å². The highest BCUT2D eigenvalue weighted by molar-refractivity contribution is 5.81. The molecule has 1 aromatic rings. The minimum absolute atomic E-state index is 0.105. The second kappa shape index (κ2) is 5.82. The van der Waals surface area contributed by atoms with Crippen molar-refractivity contribution in [3.05, 3.63) is 35.9 Å². The molecule has 3 nitrogen and oxygen atoms in total. The number of benzene rings is 1. The molecule has 0 unspecified atom stereocenters. The molecule has 1 amide bonds. The molecular formula is C14H20N2O. The lowest BCUT2D eigenvalue weighted by Gasteiger charge is -2.28. The van der Waals surface area contributed by atoms with E-state index in [-0.39, 0.29) is 11.9 Å². The third-order valence-corrected chi connectivity index (χ3v) is 3.29. The zero-order valence-corrected chi connectivity index (χ0v) is 10.1. The number of nitrogens with zero attached hydrogens (tertiary/aromatic N) is 1. The maximum absolute atomic E-state index is 12.1. The molecule has 1 fully saturated rings. The van der Waals surface area contributed by atoms with E-state index in [1.54, 1.807) is 0 Å². The fourth-order valence-corrected chi connectivity index (χ4v) is 2.27. The molecule has 1 aromatic carbocycles. The van der Waals surface area contributed by atoms with Crippen LogP contribution in [0, 0.1) is 0 Å². The Labute approximate surface area is 103 Å². The molecule has 1 aliphatic heterocycles. The molecule has 3 heteroatoms. The zero-order chi connectivity index (χ0) is 12.1. The Kier molecular flexibility index (Phi) is 4.15. The standard InChI is InChI=1S/C14H20N2O/c15-13-9-5-2-6-10-16(14(13)17)11-12-7-3-1-4-8-12/h1,3-4,7-8,13H,2,5-6,9-11,15H2/t13-/m0/s1. The summed E-state index contributed by atoms with van der Waals surface area (Å²) in [6, 6.07) is 9.80. The van der Waals surface area contributed by atoms with E-state index >= 15 is 0 Å². The van der Waals surface area contributed by atoms with Crippen LogP contribution >= 0.6 is 0 Å². The average Bonchev–Trinajstić information content (AvgIpc) is 2.36. The average molecular weight is 232 g/mol. The Bertz CT molecular complexity index is 364. The van der Waals surface area contributed by atoms with Gasteiger partial charge >= 0.3 is 0 Å². The van der Waals surface area contributed by atoms with Crippen molar-refractivity contribution in [1.29, 1.82) is 0 Å². The fraction of sp³-hybridized carbons (Fsp3) is 0.500. The molecule has 0 aromatic heterocycles. The van der Waals surface area contributed by atoms with E-state index < -0.39 is 0 Å². The van der Waals surface area contributed by atoms with E-state index in [2.05, 4.69) is 12.1 Å². The highest BCUT2D eigenvalue weighted by Gasteiger charge is 2.22. The zero-order valence-electron chi connectivity index (χ0n) is 10.1. The van der Waals surface area contributed by atoms with Crippen molar-refractivity contribution in [3.63, 3.8) is 0 Å². The predicted octanol–water partition coefficient (Wildman–Crippen LogP) is 1.92. The lowest BCUT2D eigenvalue weighted by Crippen LogP contribution is -2.44. The molecule has 17 heavy (non-hydrogen) atoms. The number of nitrogens with two attached hydrogens (primary N) is 1. The summed E-state index contributed by atoms with van der Waals surface area (Å²) in [5.74, 6) is 0.105. The van der Waals surface area contributed by atoms with Crippen LogP contribution in [0.3, 0.4) is 0 Å². The van der Waals surface area contributed by atoms with Gasteiger partial charge in [-0.05, 0) is 18.4 Å². The van der Waals surface area contributed by atoms with Crippen LogP contribution in [-0.4, -0.2) is 23.4 Å². The van der Waals surface area contributed by atoms with Crippen LogP contribution in [0.5, 0.6) is 0 Å². The molecular weight excluding hydrogens is 212 g/mol. The Morgan fingerprint density at radius 1 is 1.18 bits per heavy atom. The summed E-state index contributed by atoms with van der Waals surface area (Å²) in [5, 5.41) is 0. The summed E-state index contributed by atoms with van der Waals surface area (Å²) in [5.41, 5.74) is 7.08. The number of hydrogen-bond acceptors (Lipinski definition) is 2. The van der Waals surface area contributed by atoms with Gasteiger partial charge in [-0.25, -0.2) is 0 Å². The van der Waals surface area contributed by atoms with Gasteiger partial charge in [0, 0.05) is 13.1 Å². The smallest absolute Gasteiger partial charge is 0.239 e. The topological polar surface area (TPSA) is 46.3 Å². The number of likely N-dealkylation sites (tertiary alicyclic amines) is 1. The van der Waals surface area contributed by atoms with Gasteiger partial charge < -0.3 is 10.6 Å². The molecule has 2 rings (SSSR count). The number of rotatable bonds is 2. The summed E-state index contributed by atoms with van der Waals surface area (Å²) in [4.78, 5) is 14.0. The van der Waals surface area contributed by atoms with Crippen LogP contribution in [0.1, 0.15) is 31.2 Å². The summed E-state index contributed by atoms with van der Waals surface area (Å²) in [6.45, 7) is 1.52. The Balaban J connectivity index is 2.04. The van der Waals surface area contributed by atoms with Gasteiger partial charge in [-0.1, -0.05) is 43.2 Å². The lowest BCUT2D eigenvalue weighted by atomic mass is 10.0. The first-order valence-corrected chi connectivity index (χ1v) is 6.35. The molecule has 1 aliphatic rings. The second-order valence-electron chi connectivity index (χ2n) is 4.70. The van der Waals surface area contributed by atoms with Crippen molar-refractivity contribution >= 4 is 5.91 Å². The summed E-state index contributed by atoms with van der Waals surface area (Å²) in [7, 11) is 0. The van der Waals surface area contributed by atoms with Gasteiger partial charge in [0.1, 0.15) is 0 Å². The van der Waals surface area contributed by atoms with E-state index in [4.69, 9.17) is 5.73 Å². The van der Waals surface area contributed by atoms with Crippen LogP contribution in [0.4, 0.5) is 0 Å². The van der Waals surface area contributed by atoms with Crippen LogP contribution in [0.15, 0.2) is 30.3 Å². The Morgan fingerprint density at radius 2 is 1.94 bits per heavy atom. The first-order chi connectivity index (χ1) is 8.27. The first kappa shape index (κ1) is 12.1. The molecule has 2 N–H and O–H groups in total. The van der Waals surface area contributed by atoms with Crippen molar-refractivity contribution in [2.75, 3.05) is 6.54 Å². The van der Waals surface area contributed by atoms with E-state index in [0.29, 0.717) is 6.54 Å². The van der Waals surface area contributed by atoms with Gasteiger partial charge in [-0.2, -0.15) is 0 Å². The summed E-state index contributed by atoms with van der Waals surface area (Å²) in [6.07, 6.45) is 4.16. The third kappa shape index (κ3) is 3.30. The molecule has 1 heterocycles. The number of carbonyl (C=O) groups is 1. The Hall–Kier alpha value is -1.35. The van der Waals surface area contributed by atoms with Crippen molar-refractivity contribution < 1.29 is 4.79 Å². The van der Waals surface area contributed by atoms with Crippen LogP contribution in [0.25, 0.3) is 0 Å². The minimum Gasteiger partial charge on any atom is -0.337 e. The first-order valence-electron chi connectivity index (χ1n) is 6.35. The highest BCUT2D eigenvalue weighted by Crippen LogP contribution is 2.14. The number of carbonyl (C=O) groups excluding carboxylic acids is 1. The van der Waals surface area contributed by atoms with Crippen LogP contribution < -0.4 is 5.73 Å². The normalized spacial score (nSPS) is 22.1. The number of hydrogen-bond donors (Lipinski definition) is 1. The monoisotopic (exact) mass is 232 g/mol. The molecule has 1 atom stereocenters. The lowest BCUT2D eigenvalue weighted by molar-refractivity contribution is -0.133. The largest absolute Gasteiger partial charge is 0.337 e. The van der Waals surface area contributed by atoms with Gasteiger partial charge in [0.05, 0.1) is 6.04 Å². The molecule has 92 valence electrons. The van der Waals surface area contributed by atoms with Crippen LogP contribution in [0.2, 0.25) is 0 Å². The summed E-state index contributed by atoms with van der Waals surface area (Å²) < 4.78 is 0. The molecule has 0 bridgehead atoms. The van der Waals surface area contributed by atoms with E-state index in [1.165, 1.54) is 12.0 Å². The van der Waals surface area contributed by atoms with Gasteiger partial charge in [-0.3, -0.25) is 4.79 Å². The van der Waals surface area contributed by atoms with Gasteiger partial charge in [0.2, 0.25) is 5.91 Å². The second-order valence-corrected chi connectivity index (χ2v) is 4.70. The highest BCUT2D eigenvalue weighted by atomic mass is 16.2. The maximum atomic E-state index is 12.1. The van der Waals surface area contributed by atoms with E-state index in [9.17, 15) is 4.79 Å². The molecule has 0 saturated carbocycles. The number of amides is 1. The molecule has 0 aliphatic carbocycles. The fourth-order valence-electron chi connectivity index (χ4n) is 2.27. The quantitative estimate of drug-likeness (QED) is 0.846. The molecule has 0 radical (unpaired) electrons. The predicted molar refractivity (Wildman–Crippen MR) is 68.3 cm³/mol. The van der Waals surface area contributed by atoms with E-state index in [0.717, 1.165) is 25.8 Å². The molecule has 1 saturated heterocycles. The van der Waals surface area contributed by atoms with Gasteiger partial charge in [-0.15, -0.1) is 0 Å². The maximum Gasteiger partial charge on any atom is 0.239 e. The third-order valence-electron chi connectivity index (χ3n) is 3.29. The van der Waals surface area contributed by atoms with Crippen molar-refractivity contribution in [2.24, 2.45) is 5.73 Å². The SMILES string of the molecule is N[C@H]1CCCCCN(Cc2ccccc2)C1=O. The van der Waals surface area contributed by atoms with Gasteiger partial charge in [0.15, 0.2) is 0 Å². The minimum atomic E-state index is -0.306. The molecule has 0 spiro atoms. The van der Waals surface area contributed by atoms with Crippen molar-refractivity contribution in [1.82, 2.24) is 4.90 Å². The van der Waals surface area contributed by atoms with Crippen molar-refractivity contribution in [3.8, 4) is 0 Å².